The fourth-order valence-electron chi connectivity index (χ4n) is 4.10. The lowest BCUT2D eigenvalue weighted by molar-refractivity contribution is -0.136. The summed E-state index contributed by atoms with van der Waals surface area (Å²) in [5.41, 5.74) is -0.0814. The van der Waals surface area contributed by atoms with Crippen LogP contribution in [0.3, 0.4) is 0 Å². The van der Waals surface area contributed by atoms with E-state index in [2.05, 4.69) is 0 Å². The topological polar surface area (TPSA) is 76.1 Å². The van der Waals surface area contributed by atoms with Crippen LogP contribution in [0.2, 0.25) is 10.0 Å². The highest BCUT2D eigenvalue weighted by Gasteiger charge is 2.50. The summed E-state index contributed by atoms with van der Waals surface area (Å²) in [6, 6.07) is 16.8. The van der Waals surface area contributed by atoms with Crippen LogP contribution in [0.1, 0.15) is 27.9 Å². The molecule has 3 aromatic rings. The van der Waals surface area contributed by atoms with E-state index in [1.54, 1.807) is 42.5 Å². The zero-order valence-corrected chi connectivity index (χ0v) is 18.2. The quantitative estimate of drug-likeness (QED) is 0.546. The number of aliphatic hydroxyl groups is 1. The van der Waals surface area contributed by atoms with Gasteiger partial charge in [-0.05, 0) is 42.0 Å². The van der Waals surface area contributed by atoms with Crippen molar-refractivity contribution in [3.05, 3.63) is 87.4 Å². The summed E-state index contributed by atoms with van der Waals surface area (Å²) < 4.78 is 10.8. The molecule has 1 amide bonds. The van der Waals surface area contributed by atoms with Crippen molar-refractivity contribution in [2.45, 2.75) is 18.6 Å². The van der Waals surface area contributed by atoms with Crippen molar-refractivity contribution in [2.75, 3.05) is 11.7 Å². The van der Waals surface area contributed by atoms with Crippen molar-refractivity contribution in [3.8, 4) is 11.5 Å². The lowest BCUT2D eigenvalue weighted by Crippen LogP contribution is -2.41. The first-order chi connectivity index (χ1) is 15.4. The molecule has 3 aromatic carbocycles. The van der Waals surface area contributed by atoms with Gasteiger partial charge in [-0.3, -0.25) is 9.59 Å². The van der Waals surface area contributed by atoms with Crippen LogP contribution in [0.15, 0.2) is 60.7 Å². The molecule has 8 heteroatoms. The first-order valence-corrected chi connectivity index (χ1v) is 10.6. The van der Waals surface area contributed by atoms with Crippen molar-refractivity contribution in [1.82, 2.24) is 0 Å². The van der Waals surface area contributed by atoms with Crippen LogP contribution >= 0.6 is 23.2 Å². The number of hydrogen-bond acceptors (Lipinski definition) is 5. The number of anilines is 1. The molecule has 0 fully saturated rings. The highest BCUT2D eigenvalue weighted by atomic mass is 35.5. The van der Waals surface area contributed by atoms with Crippen LogP contribution in [0, 0.1) is 0 Å². The average Bonchev–Trinajstić information content (AvgIpc) is 3.31. The van der Waals surface area contributed by atoms with Crippen molar-refractivity contribution < 1.29 is 24.2 Å². The number of Topliss-reactive ketones (excluding diaryl/α,β-unsaturated/α-hetero) is 1. The second kappa shape index (κ2) is 7.81. The summed E-state index contributed by atoms with van der Waals surface area (Å²) in [5.74, 6) is 0.214. The van der Waals surface area contributed by atoms with Gasteiger partial charge in [-0.2, -0.15) is 0 Å². The number of carbonyl (C=O) groups excluding carboxylic acids is 2. The number of rotatable bonds is 5. The summed E-state index contributed by atoms with van der Waals surface area (Å²) in [4.78, 5) is 27.9. The number of amides is 1. The third-order valence-electron chi connectivity index (χ3n) is 5.66. The first-order valence-electron chi connectivity index (χ1n) is 9.87. The van der Waals surface area contributed by atoms with Crippen molar-refractivity contribution in [1.29, 1.82) is 0 Å². The summed E-state index contributed by atoms with van der Waals surface area (Å²) in [6.45, 7) is 0.351. The number of fused-ring (bicyclic) bond motifs is 2. The first kappa shape index (κ1) is 20.8. The summed E-state index contributed by atoms with van der Waals surface area (Å²) in [7, 11) is 0. The molecular formula is C24H17Cl2NO5. The van der Waals surface area contributed by atoms with Crippen molar-refractivity contribution >= 4 is 40.6 Å². The maximum Gasteiger partial charge on any atom is 0.264 e. The Morgan fingerprint density at radius 3 is 2.62 bits per heavy atom. The molecule has 0 saturated carbocycles. The zero-order valence-electron chi connectivity index (χ0n) is 16.7. The van der Waals surface area contributed by atoms with E-state index in [4.69, 9.17) is 32.7 Å². The van der Waals surface area contributed by atoms with Crippen LogP contribution in [0.5, 0.6) is 11.5 Å². The standard InChI is InChI=1S/C24H17Cl2NO5/c25-15-6-7-16(18(26)10-15)20(28)11-24(30)17-3-1-2-4-19(17)27(23(24)29)12-14-5-8-21-22(9-14)32-13-31-21/h1-10,30H,11-13H2/t24-/m1/s1. The Bertz CT molecular complexity index is 1260. The van der Waals surface area contributed by atoms with E-state index in [9.17, 15) is 14.7 Å². The van der Waals surface area contributed by atoms with Gasteiger partial charge in [0, 0.05) is 16.1 Å². The van der Waals surface area contributed by atoms with E-state index >= 15 is 0 Å². The van der Waals surface area contributed by atoms with Crippen LogP contribution < -0.4 is 14.4 Å². The second-order valence-corrected chi connectivity index (χ2v) is 8.52. The van der Waals surface area contributed by atoms with Crippen LogP contribution in [-0.4, -0.2) is 23.6 Å². The lowest BCUT2D eigenvalue weighted by Gasteiger charge is -2.23. The van der Waals surface area contributed by atoms with Gasteiger partial charge in [0.25, 0.3) is 5.91 Å². The monoisotopic (exact) mass is 469 g/mol. The van der Waals surface area contributed by atoms with Crippen LogP contribution in [0.4, 0.5) is 5.69 Å². The predicted molar refractivity (Wildman–Crippen MR) is 120 cm³/mol. The van der Waals surface area contributed by atoms with Gasteiger partial charge in [0.1, 0.15) is 0 Å². The molecule has 0 aromatic heterocycles. The molecule has 0 aliphatic carbocycles. The normalized spacial score (nSPS) is 18.7. The fourth-order valence-corrected chi connectivity index (χ4v) is 4.61. The van der Waals surface area contributed by atoms with Crippen molar-refractivity contribution in [3.63, 3.8) is 0 Å². The molecule has 2 aliphatic heterocycles. The minimum Gasteiger partial charge on any atom is -0.454 e. The fraction of sp³-hybridized carbons (Fsp3) is 0.167. The number of halogens is 2. The van der Waals surface area contributed by atoms with E-state index in [0.717, 1.165) is 5.56 Å². The van der Waals surface area contributed by atoms with E-state index in [0.29, 0.717) is 27.8 Å². The number of benzene rings is 3. The maximum absolute atomic E-state index is 13.4. The Morgan fingerprint density at radius 1 is 1.03 bits per heavy atom. The average molecular weight is 470 g/mol. The van der Waals surface area contributed by atoms with Gasteiger partial charge < -0.3 is 19.5 Å². The van der Waals surface area contributed by atoms with Gasteiger partial charge in [0.05, 0.1) is 23.7 Å². The largest absolute Gasteiger partial charge is 0.454 e. The third kappa shape index (κ3) is 3.41. The number of ketones is 1. The van der Waals surface area contributed by atoms with Gasteiger partial charge >= 0.3 is 0 Å². The minimum absolute atomic E-state index is 0.152. The smallest absolute Gasteiger partial charge is 0.264 e. The highest BCUT2D eigenvalue weighted by Crippen LogP contribution is 2.44. The summed E-state index contributed by atoms with van der Waals surface area (Å²) in [5, 5.41) is 12.0. The van der Waals surface area contributed by atoms with Gasteiger partial charge in [0.15, 0.2) is 22.9 Å². The number of nitrogens with zero attached hydrogens (tertiary/aromatic N) is 1. The van der Waals surface area contributed by atoms with Crippen LogP contribution in [0.25, 0.3) is 0 Å². The molecule has 1 N–H and O–H groups in total. The highest BCUT2D eigenvalue weighted by molar-refractivity contribution is 6.37. The SMILES string of the molecule is O=C(C[C@]1(O)C(=O)N(Cc2ccc3c(c2)OCO3)c2ccccc21)c1ccc(Cl)cc1Cl. The molecule has 162 valence electrons. The molecule has 32 heavy (non-hydrogen) atoms. The Balaban J connectivity index is 1.47. The molecule has 0 radical (unpaired) electrons. The molecule has 0 saturated heterocycles. The Morgan fingerprint density at radius 2 is 1.81 bits per heavy atom. The third-order valence-corrected chi connectivity index (χ3v) is 6.21. The zero-order chi connectivity index (χ0) is 22.5. The maximum atomic E-state index is 13.4. The molecule has 6 nitrogen and oxygen atoms in total. The molecule has 0 bridgehead atoms. The van der Waals surface area contributed by atoms with E-state index in [1.165, 1.54) is 17.0 Å². The lowest BCUT2D eigenvalue weighted by atomic mass is 9.88. The summed E-state index contributed by atoms with van der Waals surface area (Å²) in [6.07, 6.45) is -0.443. The molecule has 0 spiro atoms. The number of hydrogen-bond donors (Lipinski definition) is 1. The second-order valence-electron chi connectivity index (χ2n) is 7.68. The Kier molecular flexibility index (Phi) is 5.08. The van der Waals surface area contributed by atoms with E-state index < -0.39 is 23.7 Å². The molecule has 1 atom stereocenters. The van der Waals surface area contributed by atoms with Gasteiger partial charge in [-0.1, -0.05) is 47.5 Å². The predicted octanol–water partition coefficient (Wildman–Crippen LogP) is 4.73. The Labute approximate surface area is 193 Å². The number of ether oxygens (including phenoxy) is 2. The molecule has 2 aliphatic rings. The van der Waals surface area contributed by atoms with E-state index in [-0.39, 0.29) is 23.9 Å². The van der Waals surface area contributed by atoms with E-state index in [1.807, 2.05) is 6.07 Å². The summed E-state index contributed by atoms with van der Waals surface area (Å²) >= 11 is 12.1. The minimum atomic E-state index is -2.01. The van der Waals surface area contributed by atoms with Gasteiger partial charge in [-0.15, -0.1) is 0 Å². The molecule has 5 rings (SSSR count). The molecular weight excluding hydrogens is 453 g/mol. The number of para-hydroxylation sites is 1. The number of carbonyl (C=O) groups is 2. The molecule has 2 heterocycles. The van der Waals surface area contributed by atoms with Crippen molar-refractivity contribution in [2.24, 2.45) is 0 Å². The van der Waals surface area contributed by atoms with Gasteiger partial charge in [0.2, 0.25) is 6.79 Å². The van der Waals surface area contributed by atoms with Gasteiger partial charge in [-0.25, -0.2) is 0 Å². The van der Waals surface area contributed by atoms with Crippen LogP contribution in [-0.2, 0) is 16.9 Å². The molecule has 0 unspecified atom stereocenters. The Hall–Kier alpha value is -3.06.